The Morgan fingerprint density at radius 3 is 2.80 bits per heavy atom. The van der Waals surface area contributed by atoms with Crippen molar-refractivity contribution in [3.05, 3.63) is 50.6 Å². The standard InChI is InChI=1S/C24H27N3O2S/c1-15-7-6-8-16(13-15)22-26-23-21(18-11-4-5-12-19(18)30-23)24(29)27(22)14-20(28)25-17-9-2-3-10-17/h6-8,13,17H,2-5,9-12,14H2,1H3,(H,25,28). The highest BCUT2D eigenvalue weighted by Crippen LogP contribution is 2.35. The number of hydrogen-bond donors (Lipinski definition) is 1. The van der Waals surface area contributed by atoms with E-state index in [4.69, 9.17) is 4.98 Å². The van der Waals surface area contributed by atoms with Crippen LogP contribution in [-0.2, 0) is 24.2 Å². The monoisotopic (exact) mass is 421 g/mol. The van der Waals surface area contributed by atoms with Gasteiger partial charge in [-0.15, -0.1) is 11.3 Å². The van der Waals surface area contributed by atoms with Gasteiger partial charge in [-0.05, 0) is 57.1 Å². The number of hydrogen-bond acceptors (Lipinski definition) is 4. The molecule has 1 saturated carbocycles. The zero-order valence-corrected chi connectivity index (χ0v) is 18.2. The van der Waals surface area contributed by atoms with Gasteiger partial charge in [0.1, 0.15) is 17.2 Å². The fraction of sp³-hybridized carbons (Fsp3) is 0.458. The van der Waals surface area contributed by atoms with E-state index in [-0.39, 0.29) is 24.1 Å². The molecule has 1 aromatic carbocycles. The Kier molecular flexibility index (Phi) is 5.19. The second-order valence-corrected chi connectivity index (χ2v) is 9.72. The normalized spacial score (nSPS) is 16.7. The van der Waals surface area contributed by atoms with Crippen LogP contribution in [0.3, 0.4) is 0 Å². The Labute approximate surface area is 180 Å². The van der Waals surface area contributed by atoms with Crippen molar-refractivity contribution in [3.8, 4) is 11.4 Å². The molecule has 0 saturated heterocycles. The smallest absolute Gasteiger partial charge is 0.263 e. The molecule has 0 aliphatic heterocycles. The Morgan fingerprint density at radius 1 is 1.20 bits per heavy atom. The molecule has 0 radical (unpaired) electrons. The summed E-state index contributed by atoms with van der Waals surface area (Å²) >= 11 is 1.66. The topological polar surface area (TPSA) is 64.0 Å². The molecule has 1 fully saturated rings. The van der Waals surface area contributed by atoms with Crippen LogP contribution in [0.25, 0.3) is 21.6 Å². The fourth-order valence-electron chi connectivity index (χ4n) is 4.88. The van der Waals surface area contributed by atoms with E-state index >= 15 is 0 Å². The zero-order valence-electron chi connectivity index (χ0n) is 17.4. The van der Waals surface area contributed by atoms with Gasteiger partial charge in [-0.2, -0.15) is 0 Å². The number of carbonyl (C=O) groups excluding carboxylic acids is 1. The number of nitrogens with one attached hydrogen (secondary N) is 1. The maximum Gasteiger partial charge on any atom is 0.263 e. The average molecular weight is 422 g/mol. The number of amides is 1. The van der Waals surface area contributed by atoms with Gasteiger partial charge < -0.3 is 5.32 Å². The molecule has 2 aliphatic rings. The van der Waals surface area contributed by atoms with Gasteiger partial charge in [0, 0.05) is 16.5 Å². The van der Waals surface area contributed by atoms with Crippen LogP contribution in [0.2, 0.25) is 0 Å². The number of thiophene rings is 1. The lowest BCUT2D eigenvalue weighted by molar-refractivity contribution is -0.122. The summed E-state index contributed by atoms with van der Waals surface area (Å²) < 4.78 is 1.60. The molecule has 2 heterocycles. The minimum atomic E-state index is -0.0943. The fourth-order valence-corrected chi connectivity index (χ4v) is 6.13. The molecule has 156 valence electrons. The molecule has 0 spiro atoms. The van der Waals surface area contributed by atoms with Crippen molar-refractivity contribution in [1.29, 1.82) is 0 Å². The molecular formula is C24H27N3O2S. The van der Waals surface area contributed by atoms with Crippen LogP contribution in [0.5, 0.6) is 0 Å². The molecule has 5 rings (SSSR count). The molecule has 5 nitrogen and oxygen atoms in total. The molecule has 30 heavy (non-hydrogen) atoms. The van der Waals surface area contributed by atoms with Crippen molar-refractivity contribution in [2.24, 2.45) is 0 Å². The van der Waals surface area contributed by atoms with Crippen LogP contribution in [0, 0.1) is 6.92 Å². The first-order valence-corrected chi connectivity index (χ1v) is 11.8. The second-order valence-electron chi connectivity index (χ2n) is 8.64. The summed E-state index contributed by atoms with van der Waals surface area (Å²) in [5, 5.41) is 3.86. The highest BCUT2D eigenvalue weighted by Gasteiger charge is 2.24. The van der Waals surface area contributed by atoms with E-state index in [1.807, 2.05) is 31.2 Å². The van der Waals surface area contributed by atoms with Crippen LogP contribution in [0.4, 0.5) is 0 Å². The summed E-state index contributed by atoms with van der Waals surface area (Å²) in [5.74, 6) is 0.500. The van der Waals surface area contributed by atoms with Gasteiger partial charge >= 0.3 is 0 Å². The molecule has 2 aliphatic carbocycles. The lowest BCUT2D eigenvalue weighted by atomic mass is 9.97. The minimum Gasteiger partial charge on any atom is -0.352 e. The molecular weight excluding hydrogens is 394 g/mol. The Morgan fingerprint density at radius 2 is 2.00 bits per heavy atom. The van der Waals surface area contributed by atoms with Gasteiger partial charge in [0.15, 0.2) is 0 Å². The largest absolute Gasteiger partial charge is 0.352 e. The Hall–Kier alpha value is -2.47. The van der Waals surface area contributed by atoms with Gasteiger partial charge in [-0.3, -0.25) is 14.2 Å². The first-order chi connectivity index (χ1) is 14.6. The number of carbonyl (C=O) groups is 1. The number of aromatic nitrogens is 2. The van der Waals surface area contributed by atoms with Crippen LogP contribution in [-0.4, -0.2) is 21.5 Å². The first-order valence-electron chi connectivity index (χ1n) is 11.0. The summed E-state index contributed by atoms with van der Waals surface area (Å²) in [5.41, 5.74) is 3.08. The predicted molar refractivity (Wildman–Crippen MR) is 121 cm³/mol. The number of nitrogens with zero attached hydrogens (tertiary/aromatic N) is 2. The minimum absolute atomic E-state index is 0.0200. The van der Waals surface area contributed by atoms with E-state index in [2.05, 4.69) is 5.32 Å². The SMILES string of the molecule is Cc1cccc(-c2nc3sc4c(c3c(=O)n2CC(=O)NC2CCCC2)CCCC4)c1. The van der Waals surface area contributed by atoms with E-state index in [9.17, 15) is 9.59 Å². The number of rotatable bonds is 4. The van der Waals surface area contributed by atoms with Crippen molar-refractivity contribution < 1.29 is 4.79 Å². The predicted octanol–water partition coefficient (Wildman–Crippen LogP) is 4.37. The van der Waals surface area contributed by atoms with Crippen LogP contribution in [0.1, 0.15) is 54.5 Å². The van der Waals surface area contributed by atoms with Gasteiger partial charge in [0.25, 0.3) is 5.56 Å². The maximum absolute atomic E-state index is 13.7. The third-order valence-corrected chi connectivity index (χ3v) is 7.56. The lowest BCUT2D eigenvalue weighted by Gasteiger charge is -2.16. The molecule has 6 heteroatoms. The van der Waals surface area contributed by atoms with Crippen LogP contribution >= 0.6 is 11.3 Å². The van der Waals surface area contributed by atoms with Crippen molar-refractivity contribution in [2.75, 3.05) is 0 Å². The molecule has 0 bridgehead atoms. The van der Waals surface area contributed by atoms with Crippen molar-refractivity contribution in [3.63, 3.8) is 0 Å². The highest BCUT2D eigenvalue weighted by molar-refractivity contribution is 7.18. The Balaban J connectivity index is 1.63. The molecule has 0 unspecified atom stereocenters. The van der Waals surface area contributed by atoms with E-state index in [1.165, 1.54) is 16.9 Å². The van der Waals surface area contributed by atoms with E-state index in [1.54, 1.807) is 15.9 Å². The summed E-state index contributed by atoms with van der Waals surface area (Å²) in [4.78, 5) is 33.6. The summed E-state index contributed by atoms with van der Waals surface area (Å²) in [7, 11) is 0. The summed E-state index contributed by atoms with van der Waals surface area (Å²) in [6, 6.07) is 8.25. The van der Waals surface area contributed by atoms with Crippen molar-refractivity contribution in [2.45, 2.75) is 70.9 Å². The third kappa shape index (κ3) is 3.58. The van der Waals surface area contributed by atoms with Crippen molar-refractivity contribution >= 4 is 27.5 Å². The average Bonchev–Trinajstić information content (AvgIpc) is 3.37. The zero-order chi connectivity index (χ0) is 20.7. The Bertz CT molecular complexity index is 1170. The van der Waals surface area contributed by atoms with Gasteiger partial charge in [-0.1, -0.05) is 36.6 Å². The number of fused-ring (bicyclic) bond motifs is 3. The quantitative estimate of drug-likeness (QED) is 0.680. The molecule has 2 aromatic heterocycles. The summed E-state index contributed by atoms with van der Waals surface area (Å²) in [6.45, 7) is 2.05. The highest BCUT2D eigenvalue weighted by atomic mass is 32.1. The molecule has 0 atom stereocenters. The number of aryl methyl sites for hydroxylation is 3. The second kappa shape index (κ2) is 7.99. The maximum atomic E-state index is 13.7. The summed E-state index contributed by atoms with van der Waals surface area (Å²) in [6.07, 6.45) is 8.62. The van der Waals surface area contributed by atoms with E-state index < -0.39 is 0 Å². The first kappa shape index (κ1) is 19.5. The molecule has 1 amide bonds. The van der Waals surface area contributed by atoms with Gasteiger partial charge in [-0.25, -0.2) is 4.98 Å². The molecule has 3 aromatic rings. The van der Waals surface area contributed by atoms with Crippen LogP contribution < -0.4 is 10.9 Å². The van der Waals surface area contributed by atoms with Crippen LogP contribution in [0.15, 0.2) is 29.1 Å². The van der Waals surface area contributed by atoms with Crippen molar-refractivity contribution in [1.82, 2.24) is 14.9 Å². The van der Waals surface area contributed by atoms with Gasteiger partial charge in [0.2, 0.25) is 5.91 Å². The third-order valence-electron chi connectivity index (χ3n) is 6.37. The van der Waals surface area contributed by atoms with E-state index in [0.717, 1.165) is 66.3 Å². The lowest BCUT2D eigenvalue weighted by Crippen LogP contribution is -2.38. The number of benzene rings is 1. The molecule has 1 N–H and O–H groups in total. The van der Waals surface area contributed by atoms with Gasteiger partial charge in [0.05, 0.1) is 5.39 Å². The van der Waals surface area contributed by atoms with E-state index in [0.29, 0.717) is 5.82 Å².